The minimum atomic E-state index is -0.0748. The van der Waals surface area contributed by atoms with Crippen molar-refractivity contribution in [3.05, 3.63) is 107 Å². The zero-order valence-electron chi connectivity index (χ0n) is 19.8. The molecule has 1 aliphatic heterocycles. The molecule has 1 N–H and O–H groups in total. The lowest BCUT2D eigenvalue weighted by Gasteiger charge is -2.28. The third kappa shape index (κ3) is 3.84. The topological polar surface area (TPSA) is 42.3 Å². The van der Waals surface area contributed by atoms with E-state index in [0.717, 1.165) is 28.5 Å². The Morgan fingerprint density at radius 3 is 2.41 bits per heavy atom. The van der Waals surface area contributed by atoms with Crippen LogP contribution in [-0.2, 0) is 0 Å². The monoisotopic (exact) mass is 468 g/mol. The van der Waals surface area contributed by atoms with Crippen molar-refractivity contribution in [1.29, 1.82) is 0 Å². The molecule has 0 aliphatic carbocycles. The van der Waals surface area contributed by atoms with Gasteiger partial charge in [0, 0.05) is 35.0 Å². The van der Waals surface area contributed by atoms with Crippen LogP contribution in [0.5, 0.6) is 5.75 Å². The molecule has 1 fully saturated rings. The molecule has 172 valence electrons. The van der Waals surface area contributed by atoms with Crippen molar-refractivity contribution in [2.75, 3.05) is 12.0 Å². The smallest absolute Gasteiger partial charge is 0.174 e. The van der Waals surface area contributed by atoms with Crippen molar-refractivity contribution in [2.45, 2.75) is 32.9 Å². The van der Waals surface area contributed by atoms with Gasteiger partial charge in [-0.1, -0.05) is 29.8 Å². The van der Waals surface area contributed by atoms with E-state index < -0.39 is 0 Å². The van der Waals surface area contributed by atoms with E-state index in [9.17, 15) is 0 Å². The number of ether oxygens (including phenoxy) is 1. The maximum Gasteiger partial charge on any atom is 0.174 e. The summed E-state index contributed by atoms with van der Waals surface area (Å²) in [6.07, 6.45) is 1.84. The summed E-state index contributed by atoms with van der Waals surface area (Å²) in [4.78, 5) is 6.91. The van der Waals surface area contributed by atoms with Gasteiger partial charge in [-0.05, 0) is 81.0 Å². The van der Waals surface area contributed by atoms with Gasteiger partial charge in [0.1, 0.15) is 5.75 Å². The van der Waals surface area contributed by atoms with Gasteiger partial charge in [0.25, 0.3) is 0 Å². The molecule has 5 nitrogen and oxygen atoms in total. The van der Waals surface area contributed by atoms with Gasteiger partial charge in [-0.3, -0.25) is 4.98 Å². The zero-order chi connectivity index (χ0) is 23.8. The maximum absolute atomic E-state index is 5.88. The molecule has 1 aliphatic rings. The molecule has 3 heterocycles. The van der Waals surface area contributed by atoms with E-state index in [1.807, 2.05) is 30.5 Å². The number of aromatic nitrogens is 2. The largest absolute Gasteiger partial charge is 0.497 e. The highest BCUT2D eigenvalue weighted by Gasteiger charge is 2.42. The average molecular weight is 469 g/mol. The van der Waals surface area contributed by atoms with Gasteiger partial charge in [0.05, 0.1) is 24.9 Å². The Labute approximate surface area is 206 Å². The Kier molecular flexibility index (Phi) is 5.84. The molecule has 0 radical (unpaired) electrons. The first kappa shape index (κ1) is 22.2. The van der Waals surface area contributed by atoms with Crippen LogP contribution in [0, 0.1) is 20.8 Å². The van der Waals surface area contributed by atoms with Gasteiger partial charge in [-0.25, -0.2) is 0 Å². The zero-order valence-corrected chi connectivity index (χ0v) is 20.6. The summed E-state index contributed by atoms with van der Waals surface area (Å²) in [7, 11) is 1.70. The summed E-state index contributed by atoms with van der Waals surface area (Å²) in [6.45, 7) is 6.41. The van der Waals surface area contributed by atoms with Crippen molar-refractivity contribution in [2.24, 2.45) is 0 Å². The highest BCUT2D eigenvalue weighted by molar-refractivity contribution is 7.80. The fourth-order valence-electron chi connectivity index (χ4n) is 4.89. The first-order valence-corrected chi connectivity index (χ1v) is 11.8. The van der Waals surface area contributed by atoms with E-state index in [1.165, 1.54) is 16.8 Å². The van der Waals surface area contributed by atoms with Gasteiger partial charge >= 0.3 is 0 Å². The molecule has 34 heavy (non-hydrogen) atoms. The average Bonchev–Trinajstić information content (AvgIpc) is 3.35. The summed E-state index contributed by atoms with van der Waals surface area (Å²) >= 11 is 5.88. The summed E-state index contributed by atoms with van der Waals surface area (Å²) in [6, 6.07) is 24.9. The van der Waals surface area contributed by atoms with E-state index >= 15 is 0 Å². The number of aryl methyl sites for hydroxylation is 2. The number of thiocarbonyl (C=S) groups is 1. The van der Waals surface area contributed by atoms with Gasteiger partial charge in [0.2, 0.25) is 0 Å². The third-order valence-electron chi connectivity index (χ3n) is 6.51. The molecular weight excluding hydrogens is 440 g/mol. The van der Waals surface area contributed by atoms with Gasteiger partial charge in [-0.15, -0.1) is 0 Å². The Morgan fingerprint density at radius 2 is 1.71 bits per heavy atom. The van der Waals surface area contributed by atoms with Crippen LogP contribution in [0.25, 0.3) is 5.69 Å². The predicted molar refractivity (Wildman–Crippen MR) is 141 cm³/mol. The number of pyridine rings is 1. The molecule has 0 saturated carbocycles. The molecule has 6 heteroatoms. The standard InChI is InChI=1S/C28H28N4OS/c1-18-11-13-21(14-12-18)32-27(26(30-28(32)34)25-10-5-6-15-29-25)24-16-19(2)31(20(24)3)22-8-7-9-23(17-22)33-4/h5-17,26-27H,1-4H3,(H,30,34)/t26-,27-/m0/s1. The van der Waals surface area contributed by atoms with Crippen LogP contribution < -0.4 is 15.0 Å². The van der Waals surface area contributed by atoms with Crippen molar-refractivity contribution in [1.82, 2.24) is 14.9 Å². The van der Waals surface area contributed by atoms with E-state index in [4.69, 9.17) is 17.0 Å². The molecule has 0 unspecified atom stereocenters. The number of hydrogen-bond acceptors (Lipinski definition) is 3. The number of anilines is 1. The van der Waals surface area contributed by atoms with Crippen LogP contribution in [0.3, 0.4) is 0 Å². The second kappa shape index (κ2) is 8.95. The van der Waals surface area contributed by atoms with Crippen molar-refractivity contribution in [3.63, 3.8) is 0 Å². The van der Waals surface area contributed by atoms with Crippen LogP contribution in [0.2, 0.25) is 0 Å². The Hall–Kier alpha value is -3.64. The van der Waals surface area contributed by atoms with Gasteiger partial charge in [0.15, 0.2) is 5.11 Å². The van der Waals surface area contributed by atoms with E-state index in [2.05, 4.69) is 89.1 Å². The first-order valence-electron chi connectivity index (χ1n) is 11.4. The molecule has 1 saturated heterocycles. The Balaban J connectivity index is 1.67. The number of methoxy groups -OCH3 is 1. The summed E-state index contributed by atoms with van der Waals surface area (Å²) in [5.41, 5.74) is 7.86. The lowest BCUT2D eigenvalue weighted by atomic mass is 9.96. The molecule has 0 amide bonds. The molecule has 0 spiro atoms. The van der Waals surface area contributed by atoms with Crippen LogP contribution >= 0.6 is 12.2 Å². The molecule has 2 atom stereocenters. The summed E-state index contributed by atoms with van der Waals surface area (Å²) in [5, 5.41) is 4.27. The van der Waals surface area contributed by atoms with Gasteiger partial charge < -0.3 is 19.5 Å². The van der Waals surface area contributed by atoms with E-state index in [-0.39, 0.29) is 12.1 Å². The van der Waals surface area contributed by atoms with Crippen molar-refractivity contribution in [3.8, 4) is 11.4 Å². The predicted octanol–water partition coefficient (Wildman–Crippen LogP) is 5.98. The molecule has 4 aromatic rings. The Morgan fingerprint density at radius 1 is 0.912 bits per heavy atom. The first-order chi connectivity index (χ1) is 16.5. The number of hydrogen-bond donors (Lipinski definition) is 1. The molecular formula is C28H28N4OS. The SMILES string of the molecule is COc1cccc(-n2c(C)cc([C@H]3[C@H](c4ccccn4)NC(=S)N3c3ccc(C)cc3)c2C)c1. The van der Waals surface area contributed by atoms with Gasteiger partial charge in [-0.2, -0.15) is 0 Å². The number of nitrogens with zero attached hydrogens (tertiary/aromatic N) is 3. The Bertz CT molecular complexity index is 1330. The van der Waals surface area contributed by atoms with Crippen LogP contribution in [-0.4, -0.2) is 21.8 Å². The fourth-order valence-corrected chi connectivity index (χ4v) is 5.23. The molecule has 5 rings (SSSR count). The molecule has 2 aromatic heterocycles. The second-order valence-electron chi connectivity index (χ2n) is 8.70. The third-order valence-corrected chi connectivity index (χ3v) is 6.83. The van der Waals surface area contributed by atoms with Crippen LogP contribution in [0.4, 0.5) is 5.69 Å². The highest BCUT2D eigenvalue weighted by atomic mass is 32.1. The summed E-state index contributed by atoms with van der Waals surface area (Å²) in [5.74, 6) is 0.836. The van der Waals surface area contributed by atoms with E-state index in [1.54, 1.807) is 7.11 Å². The quantitative estimate of drug-likeness (QED) is 0.365. The second-order valence-corrected chi connectivity index (χ2v) is 9.08. The van der Waals surface area contributed by atoms with Crippen molar-refractivity contribution < 1.29 is 4.74 Å². The summed E-state index contributed by atoms with van der Waals surface area (Å²) < 4.78 is 7.76. The van der Waals surface area contributed by atoms with Crippen LogP contribution in [0.15, 0.2) is 79.0 Å². The minimum absolute atomic E-state index is 0.0457. The highest BCUT2D eigenvalue weighted by Crippen LogP contribution is 2.43. The normalized spacial score (nSPS) is 17.6. The fraction of sp³-hybridized carbons (Fsp3) is 0.214. The lowest BCUT2D eigenvalue weighted by Crippen LogP contribution is -2.29. The molecule has 2 aromatic carbocycles. The van der Waals surface area contributed by atoms with Crippen molar-refractivity contribution >= 4 is 23.0 Å². The number of benzene rings is 2. The molecule has 0 bridgehead atoms. The van der Waals surface area contributed by atoms with E-state index in [0.29, 0.717) is 5.11 Å². The lowest BCUT2D eigenvalue weighted by molar-refractivity contribution is 0.414. The van der Waals surface area contributed by atoms with Crippen LogP contribution in [0.1, 0.15) is 40.3 Å². The number of nitrogens with one attached hydrogen (secondary N) is 1. The number of rotatable bonds is 5. The maximum atomic E-state index is 5.88. The minimum Gasteiger partial charge on any atom is -0.497 e.